The number of hydrogen-bond acceptors (Lipinski definition) is 2. The van der Waals surface area contributed by atoms with Crippen molar-refractivity contribution in [3.63, 3.8) is 0 Å². The van der Waals surface area contributed by atoms with E-state index in [-0.39, 0.29) is 6.03 Å². The van der Waals surface area contributed by atoms with Crippen LogP contribution in [0.4, 0.5) is 10.5 Å². The molecule has 0 atom stereocenters. The minimum atomic E-state index is -0.148. The molecular weight excluding hydrogens is 476 g/mol. The summed E-state index contributed by atoms with van der Waals surface area (Å²) in [5, 5.41) is 3.00. The Morgan fingerprint density at radius 3 is 1.85 bits per heavy atom. The monoisotopic (exact) mass is 500 g/mol. The minimum Gasteiger partial charge on any atom is -0.489 e. The fraction of sp³-hybridized carbons (Fsp3) is 0.107. The highest BCUT2D eigenvalue weighted by Gasteiger charge is 2.15. The molecule has 0 spiro atoms. The van der Waals surface area contributed by atoms with Crippen molar-refractivity contribution in [2.24, 2.45) is 0 Å². The molecule has 0 saturated heterocycles. The van der Waals surface area contributed by atoms with Crippen LogP contribution in [0, 0.1) is 0 Å². The molecule has 33 heavy (non-hydrogen) atoms. The van der Waals surface area contributed by atoms with Crippen LogP contribution in [0.3, 0.4) is 0 Å². The SMILES string of the molecule is O=C(Nc1ccc(Br)cc1)N(Cc1ccccc1)Cc1ccc(OCc2ccccc2)cc1. The van der Waals surface area contributed by atoms with E-state index >= 15 is 0 Å². The Morgan fingerprint density at radius 1 is 0.697 bits per heavy atom. The van der Waals surface area contributed by atoms with E-state index in [1.165, 1.54) is 0 Å². The zero-order valence-electron chi connectivity index (χ0n) is 18.2. The molecule has 2 amide bonds. The molecule has 0 fully saturated rings. The number of carbonyl (C=O) groups is 1. The molecule has 0 aliphatic heterocycles. The summed E-state index contributed by atoms with van der Waals surface area (Å²) < 4.78 is 6.86. The molecule has 0 radical (unpaired) electrons. The van der Waals surface area contributed by atoms with Gasteiger partial charge in [-0.25, -0.2) is 4.79 Å². The summed E-state index contributed by atoms with van der Waals surface area (Å²) in [6, 6.07) is 35.4. The zero-order valence-corrected chi connectivity index (χ0v) is 19.7. The lowest BCUT2D eigenvalue weighted by atomic mass is 10.1. The normalized spacial score (nSPS) is 10.5. The van der Waals surface area contributed by atoms with Crippen molar-refractivity contribution < 1.29 is 9.53 Å². The van der Waals surface area contributed by atoms with E-state index in [2.05, 4.69) is 21.2 Å². The highest BCUT2D eigenvalue weighted by molar-refractivity contribution is 9.10. The van der Waals surface area contributed by atoms with Crippen molar-refractivity contribution in [2.75, 3.05) is 5.32 Å². The van der Waals surface area contributed by atoms with Crippen LogP contribution in [0.1, 0.15) is 16.7 Å². The third-order valence-corrected chi connectivity index (χ3v) is 5.67. The van der Waals surface area contributed by atoms with Crippen LogP contribution < -0.4 is 10.1 Å². The summed E-state index contributed by atoms with van der Waals surface area (Å²) in [6.45, 7) is 1.52. The number of benzene rings is 4. The van der Waals surface area contributed by atoms with Crippen molar-refractivity contribution in [3.05, 3.63) is 130 Å². The fourth-order valence-electron chi connectivity index (χ4n) is 3.39. The number of halogens is 1. The zero-order chi connectivity index (χ0) is 22.9. The molecule has 5 heteroatoms. The van der Waals surface area contributed by atoms with Gasteiger partial charge in [0.15, 0.2) is 0 Å². The lowest BCUT2D eigenvalue weighted by molar-refractivity contribution is 0.206. The second-order valence-electron chi connectivity index (χ2n) is 7.70. The van der Waals surface area contributed by atoms with Gasteiger partial charge in [0.25, 0.3) is 0 Å². The second kappa shape index (κ2) is 11.3. The number of nitrogens with one attached hydrogen (secondary N) is 1. The Hall–Kier alpha value is -3.57. The van der Waals surface area contributed by atoms with Crippen molar-refractivity contribution in [3.8, 4) is 5.75 Å². The number of hydrogen-bond donors (Lipinski definition) is 1. The molecule has 1 N–H and O–H groups in total. The maximum Gasteiger partial charge on any atom is 0.322 e. The Balaban J connectivity index is 1.43. The van der Waals surface area contributed by atoms with Gasteiger partial charge in [-0.05, 0) is 53.1 Å². The lowest BCUT2D eigenvalue weighted by Crippen LogP contribution is -2.34. The van der Waals surface area contributed by atoms with E-state index in [4.69, 9.17) is 4.74 Å². The first-order valence-electron chi connectivity index (χ1n) is 10.8. The van der Waals surface area contributed by atoms with E-state index in [1.54, 1.807) is 4.90 Å². The van der Waals surface area contributed by atoms with Crippen LogP contribution in [0.5, 0.6) is 5.75 Å². The molecule has 0 unspecified atom stereocenters. The standard InChI is InChI=1S/C28H25BrN2O2/c29-25-13-15-26(16-14-25)30-28(32)31(19-22-7-3-1-4-8-22)20-23-11-17-27(18-12-23)33-21-24-9-5-2-6-10-24/h1-18H,19-21H2,(H,30,32). The highest BCUT2D eigenvalue weighted by Crippen LogP contribution is 2.19. The van der Waals surface area contributed by atoms with E-state index in [9.17, 15) is 4.79 Å². The van der Waals surface area contributed by atoms with Crippen molar-refractivity contribution >= 4 is 27.6 Å². The minimum absolute atomic E-state index is 0.148. The maximum absolute atomic E-state index is 13.1. The van der Waals surface area contributed by atoms with Gasteiger partial charge in [-0.1, -0.05) is 88.7 Å². The Labute approximate surface area is 203 Å². The number of nitrogens with zero attached hydrogens (tertiary/aromatic N) is 1. The number of carbonyl (C=O) groups excluding carboxylic acids is 1. The van der Waals surface area contributed by atoms with Gasteiger partial charge in [0.2, 0.25) is 0 Å². The quantitative estimate of drug-likeness (QED) is 0.276. The molecule has 0 aliphatic carbocycles. The Morgan fingerprint density at radius 2 is 1.24 bits per heavy atom. The molecule has 0 aromatic heterocycles. The van der Waals surface area contributed by atoms with Crippen molar-refractivity contribution in [1.82, 2.24) is 4.90 Å². The van der Waals surface area contributed by atoms with Gasteiger partial charge in [0.05, 0.1) is 0 Å². The van der Waals surface area contributed by atoms with Gasteiger partial charge in [0.1, 0.15) is 12.4 Å². The smallest absolute Gasteiger partial charge is 0.322 e. The highest BCUT2D eigenvalue weighted by atomic mass is 79.9. The van der Waals surface area contributed by atoms with Gasteiger partial charge < -0.3 is 15.0 Å². The summed E-state index contributed by atoms with van der Waals surface area (Å²) in [5.74, 6) is 0.802. The third-order valence-electron chi connectivity index (χ3n) is 5.14. The summed E-state index contributed by atoms with van der Waals surface area (Å²) in [6.07, 6.45) is 0. The second-order valence-corrected chi connectivity index (χ2v) is 8.61. The Kier molecular flexibility index (Phi) is 7.77. The van der Waals surface area contributed by atoms with E-state index < -0.39 is 0 Å². The summed E-state index contributed by atoms with van der Waals surface area (Å²) in [5.41, 5.74) is 3.99. The van der Waals surface area contributed by atoms with Gasteiger partial charge in [-0.15, -0.1) is 0 Å². The summed E-state index contributed by atoms with van der Waals surface area (Å²) in [4.78, 5) is 14.9. The van der Waals surface area contributed by atoms with E-state index in [0.29, 0.717) is 19.7 Å². The van der Waals surface area contributed by atoms with Crippen LogP contribution in [0.15, 0.2) is 114 Å². The van der Waals surface area contributed by atoms with Crippen molar-refractivity contribution in [1.29, 1.82) is 0 Å². The molecule has 4 aromatic rings. The van der Waals surface area contributed by atoms with Gasteiger partial charge in [-0.2, -0.15) is 0 Å². The van der Waals surface area contributed by atoms with Gasteiger partial charge in [0, 0.05) is 23.2 Å². The molecule has 4 aromatic carbocycles. The van der Waals surface area contributed by atoms with Gasteiger partial charge in [-0.3, -0.25) is 0 Å². The van der Waals surface area contributed by atoms with Gasteiger partial charge >= 0.3 is 6.03 Å². The molecule has 0 bridgehead atoms. The average molecular weight is 501 g/mol. The Bertz CT molecular complexity index is 1150. The molecule has 0 aliphatic rings. The molecule has 166 valence electrons. The fourth-order valence-corrected chi connectivity index (χ4v) is 3.66. The number of rotatable bonds is 8. The summed E-state index contributed by atoms with van der Waals surface area (Å²) in [7, 11) is 0. The van der Waals surface area contributed by atoms with Crippen LogP contribution in [-0.2, 0) is 19.7 Å². The number of amides is 2. The molecule has 4 nitrogen and oxygen atoms in total. The van der Waals surface area contributed by atoms with E-state index in [0.717, 1.165) is 32.6 Å². The third kappa shape index (κ3) is 6.96. The average Bonchev–Trinajstić information content (AvgIpc) is 2.86. The number of anilines is 1. The lowest BCUT2D eigenvalue weighted by Gasteiger charge is -2.24. The first-order valence-corrected chi connectivity index (χ1v) is 11.6. The van der Waals surface area contributed by atoms with E-state index in [1.807, 2.05) is 109 Å². The van der Waals surface area contributed by atoms with Crippen LogP contribution in [-0.4, -0.2) is 10.9 Å². The largest absolute Gasteiger partial charge is 0.489 e. The topological polar surface area (TPSA) is 41.6 Å². The molecular formula is C28H25BrN2O2. The molecule has 0 heterocycles. The van der Waals surface area contributed by atoms with Crippen LogP contribution >= 0.6 is 15.9 Å². The first-order chi connectivity index (χ1) is 16.2. The predicted octanol–water partition coefficient (Wildman–Crippen LogP) is 7.26. The molecule has 0 saturated carbocycles. The van der Waals surface area contributed by atoms with Crippen LogP contribution in [0.2, 0.25) is 0 Å². The maximum atomic E-state index is 13.1. The predicted molar refractivity (Wildman–Crippen MR) is 136 cm³/mol. The summed E-state index contributed by atoms with van der Waals surface area (Å²) >= 11 is 3.43. The van der Waals surface area contributed by atoms with Crippen LogP contribution in [0.25, 0.3) is 0 Å². The molecule has 4 rings (SSSR count). The first kappa shape index (κ1) is 22.6. The number of urea groups is 1. The number of ether oxygens (including phenoxy) is 1. The van der Waals surface area contributed by atoms with Crippen molar-refractivity contribution in [2.45, 2.75) is 19.7 Å².